The van der Waals surface area contributed by atoms with E-state index in [1.165, 1.54) is 0 Å². The molecule has 0 unspecified atom stereocenters. The van der Waals surface area contributed by atoms with Crippen molar-refractivity contribution >= 4 is 24.0 Å². The molecule has 0 atom stereocenters. The lowest BCUT2D eigenvalue weighted by atomic mass is 10.1. The van der Waals surface area contributed by atoms with Gasteiger partial charge in [0.15, 0.2) is 0 Å². The molecule has 1 heterocycles. The van der Waals surface area contributed by atoms with Crippen LogP contribution in [0.2, 0.25) is 5.02 Å². The summed E-state index contributed by atoms with van der Waals surface area (Å²) in [4.78, 5) is 8.35. The highest BCUT2D eigenvalue weighted by atomic mass is 35.5. The lowest BCUT2D eigenvalue weighted by Gasteiger charge is -2.02. The molecule has 2 N–H and O–H groups in total. The Morgan fingerprint density at radius 2 is 1.81 bits per heavy atom. The quantitative estimate of drug-likeness (QED) is 0.898. The molecule has 0 bridgehead atoms. The van der Waals surface area contributed by atoms with Crippen LogP contribution in [0.25, 0.3) is 11.3 Å². The van der Waals surface area contributed by atoms with Crippen molar-refractivity contribution < 1.29 is 0 Å². The summed E-state index contributed by atoms with van der Waals surface area (Å²) in [5.41, 5.74) is 7.35. The average Bonchev–Trinajstić information content (AvgIpc) is 2.30. The first kappa shape index (κ1) is 12.9. The van der Waals surface area contributed by atoms with E-state index < -0.39 is 0 Å². The zero-order valence-corrected chi connectivity index (χ0v) is 10.0. The minimum Gasteiger partial charge on any atom is -0.324 e. The predicted molar refractivity (Wildman–Crippen MR) is 67.6 cm³/mol. The van der Waals surface area contributed by atoms with E-state index in [-0.39, 0.29) is 12.4 Å². The number of hydrogen-bond donors (Lipinski definition) is 1. The third-order valence-electron chi connectivity index (χ3n) is 2.03. The Morgan fingerprint density at radius 1 is 1.12 bits per heavy atom. The molecule has 0 aliphatic carbocycles. The van der Waals surface area contributed by atoms with Crippen LogP contribution in [-0.4, -0.2) is 9.97 Å². The summed E-state index contributed by atoms with van der Waals surface area (Å²) < 4.78 is 0. The van der Waals surface area contributed by atoms with Crippen molar-refractivity contribution in [3.05, 3.63) is 47.4 Å². The summed E-state index contributed by atoms with van der Waals surface area (Å²) in [7, 11) is 0. The summed E-state index contributed by atoms with van der Waals surface area (Å²) in [6.07, 6.45) is 1.71. The molecule has 2 aromatic rings. The van der Waals surface area contributed by atoms with E-state index in [4.69, 9.17) is 17.3 Å². The number of halogens is 2. The molecule has 0 saturated heterocycles. The van der Waals surface area contributed by atoms with Gasteiger partial charge >= 0.3 is 0 Å². The highest BCUT2D eigenvalue weighted by Gasteiger charge is 2.00. The van der Waals surface area contributed by atoms with Crippen molar-refractivity contribution in [2.75, 3.05) is 0 Å². The number of aromatic nitrogens is 2. The molecular formula is C11H11Cl2N3. The Hall–Kier alpha value is -1.16. The Balaban J connectivity index is 0.00000128. The maximum Gasteiger partial charge on any atom is 0.142 e. The second kappa shape index (κ2) is 5.80. The van der Waals surface area contributed by atoms with E-state index in [0.717, 1.165) is 11.3 Å². The molecule has 0 aliphatic rings. The van der Waals surface area contributed by atoms with Gasteiger partial charge in [-0.15, -0.1) is 12.4 Å². The topological polar surface area (TPSA) is 51.8 Å². The Kier molecular flexibility index (Phi) is 4.68. The second-order valence-corrected chi connectivity index (χ2v) is 3.51. The van der Waals surface area contributed by atoms with E-state index in [2.05, 4.69) is 9.97 Å². The number of rotatable bonds is 2. The van der Waals surface area contributed by atoms with Crippen molar-refractivity contribution in [2.24, 2.45) is 5.73 Å². The van der Waals surface area contributed by atoms with Gasteiger partial charge in [-0.2, -0.15) is 0 Å². The van der Waals surface area contributed by atoms with Gasteiger partial charge in [0.2, 0.25) is 0 Å². The third-order valence-corrected chi connectivity index (χ3v) is 2.28. The van der Waals surface area contributed by atoms with Crippen LogP contribution in [0.1, 0.15) is 5.82 Å². The highest BCUT2D eigenvalue weighted by molar-refractivity contribution is 6.30. The zero-order valence-electron chi connectivity index (χ0n) is 8.43. The molecule has 0 saturated carbocycles. The minimum absolute atomic E-state index is 0. The fraction of sp³-hybridized carbons (Fsp3) is 0.0909. The average molecular weight is 256 g/mol. The largest absolute Gasteiger partial charge is 0.324 e. The van der Waals surface area contributed by atoms with Gasteiger partial charge < -0.3 is 5.73 Å². The summed E-state index contributed by atoms with van der Waals surface area (Å²) in [6, 6.07) is 9.36. The Morgan fingerprint density at radius 3 is 2.44 bits per heavy atom. The number of hydrogen-bond acceptors (Lipinski definition) is 3. The van der Waals surface area contributed by atoms with Crippen LogP contribution < -0.4 is 5.73 Å². The molecule has 0 spiro atoms. The SMILES string of the molecule is Cl.NCc1nccc(-c2ccc(Cl)cc2)n1. The molecule has 2 rings (SSSR count). The fourth-order valence-electron chi connectivity index (χ4n) is 1.28. The normalized spacial score (nSPS) is 9.62. The molecule has 16 heavy (non-hydrogen) atoms. The Labute approximate surface area is 105 Å². The molecule has 0 amide bonds. The molecular weight excluding hydrogens is 245 g/mol. The number of nitrogens with zero attached hydrogens (tertiary/aromatic N) is 2. The van der Waals surface area contributed by atoms with Gasteiger partial charge in [-0.05, 0) is 18.2 Å². The molecule has 0 radical (unpaired) electrons. The molecule has 84 valence electrons. The lowest BCUT2D eigenvalue weighted by Crippen LogP contribution is -2.02. The molecule has 1 aromatic carbocycles. The van der Waals surface area contributed by atoms with Gasteiger partial charge in [-0.25, -0.2) is 9.97 Å². The van der Waals surface area contributed by atoms with Gasteiger partial charge in [0.1, 0.15) is 5.82 Å². The fourth-order valence-corrected chi connectivity index (χ4v) is 1.40. The van der Waals surface area contributed by atoms with E-state index in [1.54, 1.807) is 6.20 Å². The van der Waals surface area contributed by atoms with E-state index in [0.29, 0.717) is 17.4 Å². The predicted octanol–water partition coefficient (Wildman–Crippen LogP) is 2.68. The minimum atomic E-state index is 0. The Bertz CT molecular complexity index is 457. The summed E-state index contributed by atoms with van der Waals surface area (Å²) in [5, 5.41) is 0.715. The maximum atomic E-state index is 5.80. The number of nitrogens with two attached hydrogens (primary N) is 1. The maximum absolute atomic E-state index is 5.80. The summed E-state index contributed by atoms with van der Waals surface area (Å²) in [5.74, 6) is 0.641. The standard InChI is InChI=1S/C11H10ClN3.ClH/c12-9-3-1-8(2-4-9)10-5-6-14-11(7-13)15-10;/h1-6H,7,13H2;1H. The van der Waals surface area contributed by atoms with Crippen LogP contribution in [0.15, 0.2) is 36.5 Å². The molecule has 0 fully saturated rings. The van der Waals surface area contributed by atoms with Crippen LogP contribution in [0.3, 0.4) is 0 Å². The molecule has 0 aliphatic heterocycles. The van der Waals surface area contributed by atoms with Crippen LogP contribution in [0.5, 0.6) is 0 Å². The van der Waals surface area contributed by atoms with Gasteiger partial charge in [0.05, 0.1) is 12.2 Å². The van der Waals surface area contributed by atoms with E-state index in [1.807, 2.05) is 30.3 Å². The first-order valence-corrected chi connectivity index (χ1v) is 4.95. The lowest BCUT2D eigenvalue weighted by molar-refractivity contribution is 0.912. The summed E-state index contributed by atoms with van der Waals surface area (Å²) >= 11 is 5.80. The van der Waals surface area contributed by atoms with Crippen molar-refractivity contribution in [2.45, 2.75) is 6.54 Å². The smallest absolute Gasteiger partial charge is 0.142 e. The van der Waals surface area contributed by atoms with Crippen LogP contribution >= 0.6 is 24.0 Å². The van der Waals surface area contributed by atoms with Gasteiger partial charge in [-0.1, -0.05) is 23.7 Å². The van der Waals surface area contributed by atoms with Crippen molar-refractivity contribution in [3.8, 4) is 11.3 Å². The van der Waals surface area contributed by atoms with Crippen molar-refractivity contribution in [1.29, 1.82) is 0 Å². The second-order valence-electron chi connectivity index (χ2n) is 3.07. The monoisotopic (exact) mass is 255 g/mol. The highest BCUT2D eigenvalue weighted by Crippen LogP contribution is 2.18. The number of benzene rings is 1. The van der Waals surface area contributed by atoms with Gasteiger partial charge in [-0.3, -0.25) is 0 Å². The van der Waals surface area contributed by atoms with Gasteiger partial charge in [0, 0.05) is 16.8 Å². The van der Waals surface area contributed by atoms with Gasteiger partial charge in [0.25, 0.3) is 0 Å². The van der Waals surface area contributed by atoms with E-state index >= 15 is 0 Å². The van der Waals surface area contributed by atoms with E-state index in [9.17, 15) is 0 Å². The van der Waals surface area contributed by atoms with Crippen LogP contribution in [-0.2, 0) is 6.54 Å². The molecule has 5 heteroatoms. The van der Waals surface area contributed by atoms with Crippen molar-refractivity contribution in [1.82, 2.24) is 9.97 Å². The summed E-state index contributed by atoms with van der Waals surface area (Å²) in [6.45, 7) is 0.349. The first-order chi connectivity index (χ1) is 7.29. The zero-order chi connectivity index (χ0) is 10.7. The van der Waals surface area contributed by atoms with Crippen molar-refractivity contribution in [3.63, 3.8) is 0 Å². The third kappa shape index (κ3) is 2.92. The first-order valence-electron chi connectivity index (χ1n) is 4.57. The van der Waals surface area contributed by atoms with Crippen LogP contribution in [0.4, 0.5) is 0 Å². The molecule has 1 aromatic heterocycles. The van der Waals surface area contributed by atoms with Crippen LogP contribution in [0, 0.1) is 0 Å². The molecule has 3 nitrogen and oxygen atoms in total.